The van der Waals surface area contributed by atoms with Gasteiger partial charge in [-0.25, -0.2) is 0 Å². The van der Waals surface area contributed by atoms with Crippen molar-refractivity contribution in [3.63, 3.8) is 0 Å². The standard InChI is InChI=1S/C12H22O8/c1-4-7(14)9(16)10(17)12(19-4)20-11-5(2)18-3-6(13)8(11)15/h4-17H,3H2,1-2H3/t4-,5?,6-,7-,8-,9+,10+,11-,12-/m0/s1. The third-order valence-electron chi connectivity index (χ3n) is 3.82. The zero-order valence-corrected chi connectivity index (χ0v) is 11.4. The highest BCUT2D eigenvalue weighted by molar-refractivity contribution is 4.91. The van der Waals surface area contributed by atoms with Crippen LogP contribution in [0.4, 0.5) is 0 Å². The minimum Gasteiger partial charge on any atom is -0.388 e. The first-order valence-corrected chi connectivity index (χ1v) is 6.65. The van der Waals surface area contributed by atoms with E-state index in [1.807, 2.05) is 0 Å². The van der Waals surface area contributed by atoms with E-state index in [0.717, 1.165) is 0 Å². The Morgan fingerprint density at radius 1 is 0.850 bits per heavy atom. The summed E-state index contributed by atoms with van der Waals surface area (Å²) in [5.41, 5.74) is 0. The molecular formula is C12H22O8. The maximum Gasteiger partial charge on any atom is 0.187 e. The van der Waals surface area contributed by atoms with Crippen molar-refractivity contribution >= 4 is 0 Å². The van der Waals surface area contributed by atoms with Gasteiger partial charge in [0.1, 0.15) is 36.6 Å². The van der Waals surface area contributed by atoms with Gasteiger partial charge in [-0.2, -0.15) is 0 Å². The fourth-order valence-electron chi connectivity index (χ4n) is 2.41. The van der Waals surface area contributed by atoms with Crippen LogP contribution in [0.5, 0.6) is 0 Å². The molecule has 0 aromatic heterocycles. The van der Waals surface area contributed by atoms with Crippen LogP contribution < -0.4 is 0 Å². The zero-order chi connectivity index (χ0) is 15.0. The van der Waals surface area contributed by atoms with Crippen LogP contribution in [0.3, 0.4) is 0 Å². The molecule has 2 aliphatic rings. The number of ether oxygens (including phenoxy) is 3. The van der Waals surface area contributed by atoms with Gasteiger partial charge in [0.2, 0.25) is 0 Å². The van der Waals surface area contributed by atoms with Crippen molar-refractivity contribution in [1.29, 1.82) is 0 Å². The van der Waals surface area contributed by atoms with Crippen molar-refractivity contribution < 1.29 is 39.7 Å². The first-order chi connectivity index (χ1) is 9.32. The van der Waals surface area contributed by atoms with E-state index in [0.29, 0.717) is 0 Å². The van der Waals surface area contributed by atoms with E-state index in [4.69, 9.17) is 14.2 Å². The Hall–Kier alpha value is -0.320. The van der Waals surface area contributed by atoms with Crippen LogP contribution in [0.25, 0.3) is 0 Å². The molecule has 2 heterocycles. The quantitative estimate of drug-likeness (QED) is 0.373. The Bertz CT molecular complexity index is 327. The monoisotopic (exact) mass is 294 g/mol. The molecule has 118 valence electrons. The predicted octanol–water partition coefficient (Wildman–Crippen LogP) is -2.66. The maximum absolute atomic E-state index is 9.90. The van der Waals surface area contributed by atoms with Crippen molar-refractivity contribution in [1.82, 2.24) is 0 Å². The molecule has 0 radical (unpaired) electrons. The van der Waals surface area contributed by atoms with E-state index in [1.165, 1.54) is 6.92 Å². The highest BCUT2D eigenvalue weighted by Crippen LogP contribution is 2.26. The molecule has 2 rings (SSSR count). The van der Waals surface area contributed by atoms with Crippen LogP contribution in [0, 0.1) is 0 Å². The van der Waals surface area contributed by atoms with Gasteiger partial charge in [0, 0.05) is 0 Å². The second-order valence-corrected chi connectivity index (χ2v) is 5.38. The summed E-state index contributed by atoms with van der Waals surface area (Å²) >= 11 is 0. The molecule has 5 N–H and O–H groups in total. The molecule has 0 saturated carbocycles. The Morgan fingerprint density at radius 3 is 2.15 bits per heavy atom. The Labute approximate surface area is 116 Å². The second kappa shape index (κ2) is 6.20. The van der Waals surface area contributed by atoms with Crippen molar-refractivity contribution in [2.45, 2.75) is 69.0 Å². The van der Waals surface area contributed by atoms with E-state index in [-0.39, 0.29) is 6.61 Å². The van der Waals surface area contributed by atoms with Gasteiger partial charge < -0.3 is 39.7 Å². The van der Waals surface area contributed by atoms with Crippen LogP contribution >= 0.6 is 0 Å². The summed E-state index contributed by atoms with van der Waals surface area (Å²) in [4.78, 5) is 0. The summed E-state index contributed by atoms with van der Waals surface area (Å²) in [5.74, 6) is 0. The molecule has 0 bridgehead atoms. The van der Waals surface area contributed by atoms with E-state index in [2.05, 4.69) is 0 Å². The number of rotatable bonds is 2. The average Bonchev–Trinajstić information content (AvgIpc) is 2.42. The van der Waals surface area contributed by atoms with Crippen molar-refractivity contribution in [3.05, 3.63) is 0 Å². The largest absolute Gasteiger partial charge is 0.388 e. The fraction of sp³-hybridized carbons (Fsp3) is 1.00. The second-order valence-electron chi connectivity index (χ2n) is 5.38. The molecule has 8 nitrogen and oxygen atoms in total. The lowest BCUT2D eigenvalue weighted by molar-refractivity contribution is -0.329. The third kappa shape index (κ3) is 2.97. The summed E-state index contributed by atoms with van der Waals surface area (Å²) in [7, 11) is 0. The molecule has 2 saturated heterocycles. The number of hydrogen-bond donors (Lipinski definition) is 5. The van der Waals surface area contributed by atoms with Gasteiger partial charge in [0.05, 0.1) is 18.8 Å². The van der Waals surface area contributed by atoms with E-state index < -0.39 is 55.1 Å². The SMILES string of the molecule is CC1OC[C@H](O)[C@H](O)[C@H]1O[C@@H]1O[C@@H](C)[C@H](O)[C@@H](O)[C@H]1O. The van der Waals surface area contributed by atoms with Crippen LogP contribution in [-0.2, 0) is 14.2 Å². The molecule has 0 aromatic rings. The van der Waals surface area contributed by atoms with Crippen LogP contribution in [0.15, 0.2) is 0 Å². The van der Waals surface area contributed by atoms with E-state index >= 15 is 0 Å². The molecule has 0 amide bonds. The minimum atomic E-state index is -1.46. The molecule has 0 aromatic carbocycles. The summed E-state index contributed by atoms with van der Waals surface area (Å²) in [6.07, 6.45) is -9.75. The van der Waals surface area contributed by atoms with Gasteiger partial charge in [-0.3, -0.25) is 0 Å². The topological polar surface area (TPSA) is 129 Å². The zero-order valence-electron chi connectivity index (χ0n) is 11.4. The lowest BCUT2D eigenvalue weighted by Crippen LogP contribution is -2.61. The Morgan fingerprint density at radius 2 is 1.50 bits per heavy atom. The van der Waals surface area contributed by atoms with Gasteiger partial charge in [-0.05, 0) is 13.8 Å². The number of aliphatic hydroxyl groups is 5. The van der Waals surface area contributed by atoms with Crippen molar-refractivity contribution in [3.8, 4) is 0 Å². The van der Waals surface area contributed by atoms with Crippen LogP contribution in [-0.4, -0.2) is 87.3 Å². The van der Waals surface area contributed by atoms with E-state index in [9.17, 15) is 25.5 Å². The minimum absolute atomic E-state index is 0.00594. The van der Waals surface area contributed by atoms with Crippen LogP contribution in [0.2, 0.25) is 0 Å². The lowest BCUT2D eigenvalue weighted by Gasteiger charge is -2.43. The summed E-state index contributed by atoms with van der Waals surface area (Å²) in [5, 5.41) is 48.6. The van der Waals surface area contributed by atoms with E-state index in [1.54, 1.807) is 6.92 Å². The van der Waals surface area contributed by atoms with Crippen LogP contribution in [0.1, 0.15) is 13.8 Å². The van der Waals surface area contributed by atoms with Crippen molar-refractivity contribution in [2.75, 3.05) is 6.61 Å². The first kappa shape index (κ1) is 16.1. The summed E-state index contributed by atoms with van der Waals surface area (Å²) < 4.78 is 16.0. The lowest BCUT2D eigenvalue weighted by atomic mass is 9.98. The molecule has 20 heavy (non-hydrogen) atoms. The van der Waals surface area contributed by atoms with Gasteiger partial charge in [0.15, 0.2) is 6.29 Å². The first-order valence-electron chi connectivity index (χ1n) is 6.65. The molecular weight excluding hydrogens is 272 g/mol. The maximum atomic E-state index is 9.90. The molecule has 0 spiro atoms. The normalized spacial score (nSPS) is 53.9. The highest BCUT2D eigenvalue weighted by atomic mass is 16.7. The summed E-state index contributed by atoms with van der Waals surface area (Å²) in [6.45, 7) is 3.18. The molecule has 8 heteroatoms. The Kier molecular flexibility index (Phi) is 4.98. The average molecular weight is 294 g/mol. The molecule has 9 atom stereocenters. The number of hydrogen-bond acceptors (Lipinski definition) is 8. The molecule has 0 aliphatic carbocycles. The van der Waals surface area contributed by atoms with Gasteiger partial charge in [-0.1, -0.05) is 0 Å². The van der Waals surface area contributed by atoms with Gasteiger partial charge in [-0.15, -0.1) is 0 Å². The molecule has 1 unspecified atom stereocenters. The van der Waals surface area contributed by atoms with Crippen molar-refractivity contribution in [2.24, 2.45) is 0 Å². The third-order valence-corrected chi connectivity index (χ3v) is 3.82. The number of aliphatic hydroxyl groups excluding tert-OH is 5. The van der Waals surface area contributed by atoms with Gasteiger partial charge >= 0.3 is 0 Å². The molecule has 2 fully saturated rings. The predicted molar refractivity (Wildman–Crippen MR) is 64.7 cm³/mol. The Balaban J connectivity index is 2.04. The molecule has 2 aliphatic heterocycles. The van der Waals surface area contributed by atoms with Gasteiger partial charge in [0.25, 0.3) is 0 Å². The fourth-order valence-corrected chi connectivity index (χ4v) is 2.41. The summed E-state index contributed by atoms with van der Waals surface area (Å²) in [6, 6.07) is 0. The highest BCUT2D eigenvalue weighted by Gasteiger charge is 2.46. The smallest absolute Gasteiger partial charge is 0.187 e.